The number of carboxylic acid groups (broad SMARTS) is 1. The van der Waals surface area contributed by atoms with Gasteiger partial charge >= 0.3 is 5.97 Å². The van der Waals surface area contributed by atoms with Crippen molar-refractivity contribution < 1.29 is 14.8 Å². The van der Waals surface area contributed by atoms with Gasteiger partial charge in [0.15, 0.2) is 5.69 Å². The first-order valence-electron chi connectivity index (χ1n) is 5.96. The summed E-state index contributed by atoms with van der Waals surface area (Å²) in [5.41, 5.74) is 1.36. The number of aryl methyl sites for hydroxylation is 2. The standard InChI is InChI=1S/C12H11BrN4O4/c1-7-4-9(13)12(10(5-7)17(20)21)16-6-8(14-15-16)2-3-11(18)19/h4-6H,2-3H2,1H3,(H,18,19). The SMILES string of the molecule is Cc1cc(Br)c(-n2cc(CCC(=O)O)nn2)c([N+](=O)[O-])c1. The summed E-state index contributed by atoms with van der Waals surface area (Å²) in [4.78, 5) is 21.2. The zero-order chi connectivity index (χ0) is 15.6. The van der Waals surface area contributed by atoms with Crippen molar-refractivity contribution in [3.63, 3.8) is 0 Å². The zero-order valence-electron chi connectivity index (χ0n) is 11.0. The molecule has 0 spiro atoms. The first kappa shape index (κ1) is 15.1. The first-order chi connectivity index (χ1) is 9.88. The van der Waals surface area contributed by atoms with E-state index in [4.69, 9.17) is 5.11 Å². The fraction of sp³-hybridized carbons (Fsp3) is 0.250. The number of benzene rings is 1. The van der Waals surface area contributed by atoms with Gasteiger partial charge in [0.25, 0.3) is 5.69 Å². The number of rotatable bonds is 5. The van der Waals surface area contributed by atoms with Gasteiger partial charge in [-0.3, -0.25) is 14.9 Å². The minimum atomic E-state index is -0.938. The number of carbonyl (C=O) groups is 1. The van der Waals surface area contributed by atoms with Crippen LogP contribution < -0.4 is 0 Å². The quantitative estimate of drug-likeness (QED) is 0.651. The van der Waals surface area contributed by atoms with Gasteiger partial charge in [0.1, 0.15) is 0 Å². The summed E-state index contributed by atoms with van der Waals surface area (Å²) >= 11 is 3.29. The maximum absolute atomic E-state index is 11.2. The highest BCUT2D eigenvalue weighted by Gasteiger charge is 2.21. The normalized spacial score (nSPS) is 10.6. The van der Waals surface area contributed by atoms with E-state index in [1.807, 2.05) is 0 Å². The number of hydrogen-bond donors (Lipinski definition) is 1. The van der Waals surface area contributed by atoms with Gasteiger partial charge in [0.2, 0.25) is 0 Å². The topological polar surface area (TPSA) is 111 Å². The summed E-state index contributed by atoms with van der Waals surface area (Å²) in [7, 11) is 0. The monoisotopic (exact) mass is 354 g/mol. The van der Waals surface area contributed by atoms with Gasteiger partial charge in [-0.2, -0.15) is 0 Å². The van der Waals surface area contributed by atoms with Crippen LogP contribution >= 0.6 is 15.9 Å². The Morgan fingerprint density at radius 1 is 1.52 bits per heavy atom. The van der Waals surface area contributed by atoms with Gasteiger partial charge in [0, 0.05) is 12.5 Å². The van der Waals surface area contributed by atoms with E-state index in [9.17, 15) is 14.9 Å². The molecule has 0 aliphatic rings. The lowest BCUT2D eigenvalue weighted by molar-refractivity contribution is -0.384. The van der Waals surface area contributed by atoms with Gasteiger partial charge in [-0.25, -0.2) is 4.68 Å². The summed E-state index contributed by atoms with van der Waals surface area (Å²) in [5, 5.41) is 27.5. The number of halogens is 1. The van der Waals surface area contributed by atoms with E-state index < -0.39 is 10.9 Å². The van der Waals surface area contributed by atoms with Crippen LogP contribution in [0.15, 0.2) is 22.8 Å². The Kier molecular flexibility index (Phi) is 4.32. The van der Waals surface area contributed by atoms with E-state index in [1.54, 1.807) is 13.0 Å². The predicted octanol–water partition coefficient (Wildman–Crippen LogP) is 2.26. The molecule has 0 saturated heterocycles. The molecule has 110 valence electrons. The average molecular weight is 355 g/mol. The maximum Gasteiger partial charge on any atom is 0.303 e. The van der Waals surface area contributed by atoms with Crippen molar-refractivity contribution in [2.24, 2.45) is 0 Å². The molecule has 0 unspecified atom stereocenters. The largest absolute Gasteiger partial charge is 0.481 e. The Bertz CT molecular complexity index is 713. The molecular weight excluding hydrogens is 344 g/mol. The molecule has 0 amide bonds. The number of carboxylic acids is 1. The third kappa shape index (κ3) is 3.43. The molecule has 0 aliphatic heterocycles. The molecule has 1 aromatic heterocycles. The van der Waals surface area contributed by atoms with Crippen LogP contribution in [-0.2, 0) is 11.2 Å². The summed E-state index contributed by atoms with van der Waals surface area (Å²) < 4.78 is 1.79. The minimum Gasteiger partial charge on any atom is -0.481 e. The predicted molar refractivity (Wildman–Crippen MR) is 76.4 cm³/mol. The van der Waals surface area contributed by atoms with E-state index in [-0.39, 0.29) is 24.2 Å². The number of aromatic nitrogens is 3. The van der Waals surface area contributed by atoms with Crippen molar-refractivity contribution in [2.75, 3.05) is 0 Å². The molecule has 1 aromatic carbocycles. The molecule has 1 heterocycles. The van der Waals surface area contributed by atoms with E-state index in [1.165, 1.54) is 16.9 Å². The average Bonchev–Trinajstić information content (AvgIpc) is 2.83. The Balaban J connectivity index is 2.42. The highest BCUT2D eigenvalue weighted by atomic mass is 79.9. The summed E-state index contributed by atoms with van der Waals surface area (Å²) in [6, 6.07) is 3.18. The highest BCUT2D eigenvalue weighted by molar-refractivity contribution is 9.10. The Hall–Kier alpha value is -2.29. The second-order valence-electron chi connectivity index (χ2n) is 4.42. The maximum atomic E-state index is 11.2. The van der Waals surface area contributed by atoms with Gasteiger partial charge in [0.05, 0.1) is 27.7 Å². The van der Waals surface area contributed by atoms with Crippen LogP contribution in [-0.4, -0.2) is 31.0 Å². The van der Waals surface area contributed by atoms with E-state index in [0.717, 1.165) is 5.56 Å². The molecule has 0 radical (unpaired) electrons. The van der Waals surface area contributed by atoms with Crippen LogP contribution in [0.4, 0.5) is 5.69 Å². The van der Waals surface area contributed by atoms with Crippen LogP contribution in [0.25, 0.3) is 5.69 Å². The Morgan fingerprint density at radius 2 is 2.24 bits per heavy atom. The van der Waals surface area contributed by atoms with Crippen LogP contribution in [0.3, 0.4) is 0 Å². The van der Waals surface area contributed by atoms with Gasteiger partial charge in [-0.15, -0.1) is 5.10 Å². The molecular formula is C12H11BrN4O4. The van der Waals surface area contributed by atoms with E-state index >= 15 is 0 Å². The van der Waals surface area contributed by atoms with E-state index in [2.05, 4.69) is 26.2 Å². The van der Waals surface area contributed by atoms with Crippen molar-refractivity contribution in [1.29, 1.82) is 0 Å². The van der Waals surface area contributed by atoms with Gasteiger partial charge in [-0.05, 0) is 34.5 Å². The molecule has 0 aliphatic carbocycles. The summed E-state index contributed by atoms with van der Waals surface area (Å²) in [6.45, 7) is 1.75. The van der Waals surface area contributed by atoms with Gasteiger partial charge < -0.3 is 5.11 Å². The Labute approximate surface area is 127 Å². The van der Waals surface area contributed by atoms with Crippen LogP contribution in [0.1, 0.15) is 17.7 Å². The number of nitro groups is 1. The molecule has 9 heteroatoms. The second-order valence-corrected chi connectivity index (χ2v) is 5.27. The van der Waals surface area contributed by atoms with Crippen molar-refractivity contribution >= 4 is 27.6 Å². The van der Waals surface area contributed by atoms with Crippen LogP contribution in [0.2, 0.25) is 0 Å². The van der Waals surface area contributed by atoms with Crippen LogP contribution in [0, 0.1) is 17.0 Å². The molecule has 0 fully saturated rings. The Morgan fingerprint density at radius 3 is 2.86 bits per heavy atom. The number of nitro benzene ring substituents is 1. The summed E-state index contributed by atoms with van der Waals surface area (Å²) in [5.74, 6) is -0.938. The van der Waals surface area contributed by atoms with Crippen LogP contribution in [0.5, 0.6) is 0 Å². The smallest absolute Gasteiger partial charge is 0.303 e. The third-order valence-electron chi connectivity index (χ3n) is 2.75. The zero-order valence-corrected chi connectivity index (χ0v) is 12.6. The number of hydrogen-bond acceptors (Lipinski definition) is 5. The lowest BCUT2D eigenvalue weighted by atomic mass is 10.2. The fourth-order valence-corrected chi connectivity index (χ4v) is 2.59. The molecule has 2 rings (SSSR count). The van der Waals surface area contributed by atoms with Gasteiger partial charge in [-0.1, -0.05) is 5.21 Å². The second kappa shape index (κ2) is 6.00. The molecule has 21 heavy (non-hydrogen) atoms. The summed E-state index contributed by atoms with van der Waals surface area (Å²) in [6.07, 6.45) is 1.63. The third-order valence-corrected chi connectivity index (χ3v) is 3.35. The molecule has 0 bridgehead atoms. The van der Waals surface area contributed by atoms with Crippen molar-refractivity contribution in [2.45, 2.75) is 19.8 Å². The first-order valence-corrected chi connectivity index (χ1v) is 6.75. The van der Waals surface area contributed by atoms with Crippen molar-refractivity contribution in [1.82, 2.24) is 15.0 Å². The number of nitrogens with zero attached hydrogens (tertiary/aromatic N) is 4. The van der Waals surface area contributed by atoms with E-state index in [0.29, 0.717) is 10.2 Å². The van der Waals surface area contributed by atoms with Crippen molar-refractivity contribution in [3.05, 3.63) is 44.2 Å². The highest BCUT2D eigenvalue weighted by Crippen LogP contribution is 2.31. The molecule has 0 atom stereocenters. The molecule has 1 N–H and O–H groups in total. The molecule has 0 saturated carbocycles. The number of aliphatic carboxylic acids is 1. The lowest BCUT2D eigenvalue weighted by Crippen LogP contribution is -2.03. The lowest BCUT2D eigenvalue weighted by Gasteiger charge is -2.06. The minimum absolute atomic E-state index is 0.0736. The fourth-order valence-electron chi connectivity index (χ4n) is 1.84. The molecule has 8 nitrogen and oxygen atoms in total. The van der Waals surface area contributed by atoms with Crippen molar-refractivity contribution in [3.8, 4) is 5.69 Å². The molecule has 2 aromatic rings.